The molecule has 0 N–H and O–H groups in total. The lowest BCUT2D eigenvalue weighted by Gasteiger charge is -2.33. The van der Waals surface area contributed by atoms with E-state index in [1.165, 1.54) is 0 Å². The summed E-state index contributed by atoms with van der Waals surface area (Å²) in [7, 11) is 0. The molecule has 4 heteroatoms. The van der Waals surface area contributed by atoms with Crippen LogP contribution in [0.5, 0.6) is 0 Å². The number of allylic oxidation sites excluding steroid dienone is 1. The molecule has 0 aromatic rings. The van der Waals surface area contributed by atoms with Gasteiger partial charge >= 0.3 is 0 Å². The molecule has 1 aliphatic heterocycles. The van der Waals surface area contributed by atoms with Crippen LogP contribution in [0.15, 0.2) is 11.6 Å². The fourth-order valence-corrected chi connectivity index (χ4v) is 2.11. The minimum atomic E-state index is 0.165. The third-order valence-electron chi connectivity index (χ3n) is 2.27. The molecule has 1 amide bonds. The van der Waals surface area contributed by atoms with Crippen LogP contribution in [0.1, 0.15) is 13.8 Å². The van der Waals surface area contributed by atoms with Crippen LogP contribution >= 0.6 is 22.6 Å². The molecule has 1 rings (SSSR count). The second kappa shape index (κ2) is 5.70. The maximum absolute atomic E-state index is 11.6. The van der Waals surface area contributed by atoms with Crippen LogP contribution < -0.4 is 0 Å². The van der Waals surface area contributed by atoms with E-state index >= 15 is 0 Å². The lowest BCUT2D eigenvalue weighted by atomic mass is 10.2. The van der Waals surface area contributed by atoms with Gasteiger partial charge in [-0.25, -0.2) is 0 Å². The molecule has 0 saturated carbocycles. The van der Waals surface area contributed by atoms with Gasteiger partial charge in [-0.1, -0.05) is 28.2 Å². The summed E-state index contributed by atoms with van der Waals surface area (Å²) in [5.74, 6) is 0.165. The van der Waals surface area contributed by atoms with Gasteiger partial charge in [0.15, 0.2) is 0 Å². The number of rotatable bonds is 2. The van der Waals surface area contributed by atoms with Gasteiger partial charge in [0.25, 0.3) is 0 Å². The lowest BCUT2D eigenvalue weighted by Crippen LogP contribution is -2.47. The Morgan fingerprint density at radius 1 is 1.29 bits per heavy atom. The van der Waals surface area contributed by atoms with E-state index in [9.17, 15) is 4.79 Å². The predicted octanol–water partition coefficient (Wildman–Crippen LogP) is 1.49. The predicted molar refractivity (Wildman–Crippen MR) is 66.5 cm³/mol. The maximum atomic E-state index is 11.6. The van der Waals surface area contributed by atoms with E-state index in [-0.39, 0.29) is 5.91 Å². The normalized spacial score (nSPS) is 18.1. The Bertz CT molecular complexity index is 228. The summed E-state index contributed by atoms with van der Waals surface area (Å²) in [6, 6.07) is 0. The summed E-state index contributed by atoms with van der Waals surface area (Å²) in [6.07, 6.45) is 1.72. The van der Waals surface area contributed by atoms with Crippen LogP contribution in [0.3, 0.4) is 0 Å². The van der Waals surface area contributed by atoms with Crippen LogP contribution in [0.25, 0.3) is 0 Å². The Hall–Kier alpha value is -0.100. The average molecular weight is 308 g/mol. The van der Waals surface area contributed by atoms with Crippen molar-refractivity contribution < 1.29 is 4.79 Å². The molecule has 14 heavy (non-hydrogen) atoms. The van der Waals surface area contributed by atoms with Crippen molar-refractivity contribution in [2.75, 3.05) is 30.7 Å². The van der Waals surface area contributed by atoms with E-state index in [2.05, 4.69) is 27.5 Å². The fourth-order valence-electron chi connectivity index (χ4n) is 1.43. The zero-order valence-corrected chi connectivity index (χ0v) is 11.0. The molecule has 80 valence electrons. The summed E-state index contributed by atoms with van der Waals surface area (Å²) >= 11 is 2.36. The van der Waals surface area contributed by atoms with Crippen molar-refractivity contribution in [3.63, 3.8) is 0 Å². The van der Waals surface area contributed by atoms with Gasteiger partial charge in [-0.3, -0.25) is 9.69 Å². The third kappa shape index (κ3) is 3.57. The quantitative estimate of drug-likeness (QED) is 0.334. The van der Waals surface area contributed by atoms with Gasteiger partial charge in [0, 0.05) is 32.3 Å². The molecule has 1 heterocycles. The maximum Gasteiger partial charge on any atom is 0.246 e. The first-order chi connectivity index (χ1) is 6.63. The van der Waals surface area contributed by atoms with Crippen molar-refractivity contribution in [3.8, 4) is 0 Å². The molecular weight excluding hydrogens is 291 g/mol. The minimum absolute atomic E-state index is 0.165. The van der Waals surface area contributed by atoms with Gasteiger partial charge in [-0.2, -0.15) is 0 Å². The molecule has 0 bridgehead atoms. The van der Waals surface area contributed by atoms with Crippen LogP contribution in [0.4, 0.5) is 0 Å². The number of amides is 1. The third-order valence-corrected chi connectivity index (χ3v) is 3.23. The van der Waals surface area contributed by atoms with E-state index in [4.69, 9.17) is 0 Å². The zero-order chi connectivity index (χ0) is 10.6. The molecule has 0 radical (unpaired) electrons. The molecule has 1 aliphatic rings. The van der Waals surface area contributed by atoms with Crippen LogP contribution in [-0.4, -0.2) is 46.4 Å². The molecule has 1 saturated heterocycles. The first kappa shape index (κ1) is 12.0. The Labute approximate surface area is 99.3 Å². The van der Waals surface area contributed by atoms with E-state index in [1.807, 2.05) is 18.7 Å². The highest BCUT2D eigenvalue weighted by Gasteiger charge is 2.18. The van der Waals surface area contributed by atoms with Crippen molar-refractivity contribution in [3.05, 3.63) is 11.6 Å². The Balaban J connectivity index is 2.42. The van der Waals surface area contributed by atoms with Crippen molar-refractivity contribution in [2.24, 2.45) is 0 Å². The summed E-state index contributed by atoms with van der Waals surface area (Å²) in [6.45, 7) is 7.66. The van der Waals surface area contributed by atoms with Gasteiger partial charge in [0.1, 0.15) is 0 Å². The van der Waals surface area contributed by atoms with Crippen LogP contribution in [0, 0.1) is 0 Å². The zero-order valence-electron chi connectivity index (χ0n) is 8.79. The first-order valence-corrected chi connectivity index (χ1v) is 6.38. The number of hydrogen-bond acceptors (Lipinski definition) is 2. The molecule has 0 aliphatic carbocycles. The molecular formula is C10H17IN2O. The number of hydrogen-bond donors (Lipinski definition) is 0. The molecule has 0 aromatic heterocycles. The van der Waals surface area contributed by atoms with E-state index in [1.54, 1.807) is 6.08 Å². The summed E-state index contributed by atoms with van der Waals surface area (Å²) in [5, 5.41) is 0. The Kier molecular flexibility index (Phi) is 4.88. The number of halogens is 1. The van der Waals surface area contributed by atoms with Crippen LogP contribution in [0.2, 0.25) is 0 Å². The second-order valence-corrected chi connectivity index (χ2v) is 4.47. The number of carbonyl (C=O) groups excluding carboxylic acids is 1. The smallest absolute Gasteiger partial charge is 0.246 e. The number of carbonyl (C=O) groups is 1. The average Bonchev–Trinajstić information content (AvgIpc) is 2.17. The first-order valence-electron chi connectivity index (χ1n) is 4.85. The SMILES string of the molecule is CC(C)=CC(=O)N1CCN(CI)CC1. The van der Waals surface area contributed by atoms with Crippen LogP contribution in [-0.2, 0) is 4.79 Å². The van der Waals surface area contributed by atoms with Crippen molar-refractivity contribution in [2.45, 2.75) is 13.8 Å². The minimum Gasteiger partial charge on any atom is -0.337 e. The summed E-state index contributed by atoms with van der Waals surface area (Å²) in [4.78, 5) is 15.9. The van der Waals surface area contributed by atoms with E-state index in [0.717, 1.165) is 36.3 Å². The standard InChI is InChI=1S/C10H17IN2O/c1-9(2)7-10(14)13-5-3-12(8-11)4-6-13/h7H,3-6,8H2,1-2H3. The highest BCUT2D eigenvalue weighted by molar-refractivity contribution is 14.1. The topological polar surface area (TPSA) is 23.6 Å². The molecule has 3 nitrogen and oxygen atoms in total. The van der Waals surface area contributed by atoms with Gasteiger partial charge in [-0.15, -0.1) is 0 Å². The molecule has 0 atom stereocenters. The molecule has 0 aromatic carbocycles. The second-order valence-electron chi connectivity index (χ2n) is 3.78. The number of alkyl halides is 1. The van der Waals surface area contributed by atoms with Crippen molar-refractivity contribution in [1.29, 1.82) is 0 Å². The summed E-state index contributed by atoms with van der Waals surface area (Å²) < 4.78 is 1.06. The van der Waals surface area contributed by atoms with Crippen molar-refractivity contribution >= 4 is 28.5 Å². The van der Waals surface area contributed by atoms with Gasteiger partial charge in [0.05, 0.1) is 4.55 Å². The molecule has 0 spiro atoms. The largest absolute Gasteiger partial charge is 0.337 e. The van der Waals surface area contributed by atoms with E-state index in [0.29, 0.717) is 0 Å². The van der Waals surface area contributed by atoms with Crippen molar-refractivity contribution in [1.82, 2.24) is 9.80 Å². The lowest BCUT2D eigenvalue weighted by molar-refractivity contribution is -0.127. The number of piperazine rings is 1. The van der Waals surface area contributed by atoms with Gasteiger partial charge in [0.2, 0.25) is 5.91 Å². The Morgan fingerprint density at radius 2 is 1.86 bits per heavy atom. The van der Waals surface area contributed by atoms with E-state index < -0.39 is 0 Å². The number of nitrogens with zero attached hydrogens (tertiary/aromatic N) is 2. The fraction of sp³-hybridized carbons (Fsp3) is 0.700. The van der Waals surface area contributed by atoms with Gasteiger partial charge < -0.3 is 4.90 Å². The Morgan fingerprint density at radius 3 is 2.29 bits per heavy atom. The molecule has 0 unspecified atom stereocenters. The highest BCUT2D eigenvalue weighted by atomic mass is 127. The van der Waals surface area contributed by atoms with Gasteiger partial charge in [-0.05, 0) is 13.8 Å². The highest BCUT2D eigenvalue weighted by Crippen LogP contribution is 2.05. The molecule has 1 fully saturated rings. The summed E-state index contributed by atoms with van der Waals surface area (Å²) in [5.41, 5.74) is 1.08. The monoisotopic (exact) mass is 308 g/mol.